The zero-order valence-corrected chi connectivity index (χ0v) is 16.9. The topological polar surface area (TPSA) is 67.4 Å². The van der Waals surface area contributed by atoms with Crippen molar-refractivity contribution in [3.05, 3.63) is 84.4 Å². The van der Waals surface area contributed by atoms with Gasteiger partial charge in [0.05, 0.1) is 25.0 Å². The lowest BCUT2D eigenvalue weighted by Gasteiger charge is -2.10. The van der Waals surface area contributed by atoms with Gasteiger partial charge in [-0.2, -0.15) is 0 Å². The van der Waals surface area contributed by atoms with Crippen molar-refractivity contribution < 1.29 is 14.3 Å². The molecule has 0 saturated heterocycles. The molecule has 0 aromatic heterocycles. The van der Waals surface area contributed by atoms with E-state index >= 15 is 0 Å². The monoisotopic (exact) mass is 406 g/mol. The Kier molecular flexibility index (Phi) is 7.30. The second-order valence-electron chi connectivity index (χ2n) is 6.27. The number of hydrogen-bond donors (Lipinski definition) is 2. The number of benzene rings is 3. The number of carbonyl (C=O) groups excluding carboxylic acids is 2. The fraction of sp³-hybridized carbons (Fsp3) is 0.130. The molecule has 2 amide bonds. The molecule has 0 aliphatic carbocycles. The van der Waals surface area contributed by atoms with Gasteiger partial charge in [0, 0.05) is 10.6 Å². The molecule has 3 aromatic rings. The standard InChI is InChI=1S/C23H22N2O3S/c1-28-21-10-6-5-9-20(21)25-23(27)16-29-19-13-11-18(12-14-19)24-22(26)15-17-7-3-2-4-8-17/h2-14H,15-16H2,1H3,(H,24,26)(H,25,27). The lowest BCUT2D eigenvalue weighted by atomic mass is 10.1. The van der Waals surface area contributed by atoms with E-state index in [4.69, 9.17) is 4.74 Å². The van der Waals surface area contributed by atoms with Gasteiger partial charge in [0.2, 0.25) is 11.8 Å². The van der Waals surface area contributed by atoms with Crippen molar-refractivity contribution >= 4 is 35.0 Å². The highest BCUT2D eigenvalue weighted by Crippen LogP contribution is 2.24. The molecule has 0 unspecified atom stereocenters. The minimum absolute atomic E-state index is 0.0622. The van der Waals surface area contributed by atoms with E-state index in [1.54, 1.807) is 19.2 Å². The fourth-order valence-corrected chi connectivity index (χ4v) is 3.40. The third kappa shape index (κ3) is 6.40. The van der Waals surface area contributed by atoms with Gasteiger partial charge >= 0.3 is 0 Å². The maximum atomic E-state index is 12.2. The van der Waals surface area contributed by atoms with Crippen molar-refractivity contribution in [1.82, 2.24) is 0 Å². The smallest absolute Gasteiger partial charge is 0.234 e. The predicted octanol–water partition coefficient (Wildman–Crippen LogP) is 4.61. The van der Waals surface area contributed by atoms with Crippen LogP contribution in [0.1, 0.15) is 5.56 Å². The Bertz CT molecular complexity index is 959. The summed E-state index contributed by atoms with van der Waals surface area (Å²) in [5, 5.41) is 5.74. The molecule has 2 N–H and O–H groups in total. The first kappa shape index (κ1) is 20.5. The SMILES string of the molecule is COc1ccccc1NC(=O)CSc1ccc(NC(=O)Cc2ccccc2)cc1. The first-order valence-electron chi connectivity index (χ1n) is 9.13. The number of para-hydroxylation sites is 2. The molecule has 3 aromatic carbocycles. The van der Waals surface area contributed by atoms with E-state index in [-0.39, 0.29) is 17.6 Å². The van der Waals surface area contributed by atoms with E-state index in [9.17, 15) is 9.59 Å². The molecule has 0 aliphatic heterocycles. The highest BCUT2D eigenvalue weighted by atomic mass is 32.2. The Morgan fingerprint density at radius 3 is 2.24 bits per heavy atom. The summed E-state index contributed by atoms with van der Waals surface area (Å²) < 4.78 is 5.24. The fourth-order valence-electron chi connectivity index (χ4n) is 2.70. The molecule has 0 fully saturated rings. The van der Waals surface area contributed by atoms with E-state index in [0.717, 1.165) is 16.1 Å². The largest absolute Gasteiger partial charge is 0.495 e. The van der Waals surface area contributed by atoms with Gasteiger partial charge < -0.3 is 15.4 Å². The molecule has 0 saturated carbocycles. The van der Waals surface area contributed by atoms with Crippen LogP contribution in [-0.4, -0.2) is 24.7 Å². The van der Waals surface area contributed by atoms with Gasteiger partial charge in [0.25, 0.3) is 0 Å². The van der Waals surface area contributed by atoms with Crippen LogP contribution in [0.25, 0.3) is 0 Å². The number of amides is 2. The van der Waals surface area contributed by atoms with Crippen LogP contribution >= 0.6 is 11.8 Å². The van der Waals surface area contributed by atoms with Gasteiger partial charge in [-0.25, -0.2) is 0 Å². The van der Waals surface area contributed by atoms with Crippen LogP contribution in [0.4, 0.5) is 11.4 Å². The predicted molar refractivity (Wildman–Crippen MR) is 118 cm³/mol. The summed E-state index contributed by atoms with van der Waals surface area (Å²) in [6.45, 7) is 0. The van der Waals surface area contributed by atoms with E-state index in [1.165, 1.54) is 11.8 Å². The summed E-state index contributed by atoms with van der Waals surface area (Å²) in [5.74, 6) is 0.728. The molecule has 0 bridgehead atoms. The first-order valence-corrected chi connectivity index (χ1v) is 10.1. The molecule has 0 heterocycles. The van der Waals surface area contributed by atoms with Crippen LogP contribution in [0.3, 0.4) is 0 Å². The number of nitrogens with one attached hydrogen (secondary N) is 2. The van der Waals surface area contributed by atoms with Gasteiger partial charge in [-0.05, 0) is 42.0 Å². The van der Waals surface area contributed by atoms with Crippen molar-refractivity contribution in [2.75, 3.05) is 23.5 Å². The van der Waals surface area contributed by atoms with Crippen molar-refractivity contribution in [3.63, 3.8) is 0 Å². The zero-order valence-electron chi connectivity index (χ0n) is 16.1. The third-order valence-electron chi connectivity index (χ3n) is 4.10. The number of ether oxygens (including phenoxy) is 1. The van der Waals surface area contributed by atoms with Gasteiger partial charge in [-0.3, -0.25) is 9.59 Å². The minimum Gasteiger partial charge on any atom is -0.495 e. The van der Waals surface area contributed by atoms with E-state index in [2.05, 4.69) is 10.6 Å². The third-order valence-corrected chi connectivity index (χ3v) is 5.11. The van der Waals surface area contributed by atoms with Crippen LogP contribution in [0, 0.1) is 0 Å². The molecule has 29 heavy (non-hydrogen) atoms. The van der Waals surface area contributed by atoms with Gasteiger partial charge in [0.1, 0.15) is 5.75 Å². The molecule has 0 atom stereocenters. The second-order valence-corrected chi connectivity index (χ2v) is 7.32. The molecule has 3 rings (SSSR count). The average Bonchev–Trinajstić information content (AvgIpc) is 2.74. The molecule has 5 nitrogen and oxygen atoms in total. The summed E-state index contributed by atoms with van der Waals surface area (Å²) in [4.78, 5) is 25.3. The maximum absolute atomic E-state index is 12.2. The van der Waals surface area contributed by atoms with Crippen molar-refractivity contribution in [2.45, 2.75) is 11.3 Å². The lowest BCUT2D eigenvalue weighted by Crippen LogP contribution is -2.15. The number of anilines is 2. The normalized spacial score (nSPS) is 10.2. The maximum Gasteiger partial charge on any atom is 0.234 e. The average molecular weight is 407 g/mol. The van der Waals surface area contributed by atoms with Crippen LogP contribution < -0.4 is 15.4 Å². The molecule has 0 aliphatic rings. The Morgan fingerprint density at radius 2 is 1.52 bits per heavy atom. The summed E-state index contributed by atoms with van der Waals surface area (Å²) in [7, 11) is 1.57. The number of hydrogen-bond acceptors (Lipinski definition) is 4. The Morgan fingerprint density at radius 1 is 0.828 bits per heavy atom. The van der Waals surface area contributed by atoms with Gasteiger partial charge in [-0.1, -0.05) is 42.5 Å². The second kappa shape index (κ2) is 10.3. The minimum atomic E-state index is -0.111. The highest BCUT2D eigenvalue weighted by molar-refractivity contribution is 8.00. The summed E-state index contributed by atoms with van der Waals surface area (Å²) in [6.07, 6.45) is 0.334. The number of thioether (sulfide) groups is 1. The Hall–Kier alpha value is -3.25. The van der Waals surface area contributed by atoms with Gasteiger partial charge in [-0.15, -0.1) is 11.8 Å². The first-order chi connectivity index (χ1) is 14.1. The molecule has 0 spiro atoms. The Labute approximate surface area is 174 Å². The van der Waals surface area contributed by atoms with Crippen molar-refractivity contribution in [3.8, 4) is 5.75 Å². The molecular formula is C23H22N2O3S. The summed E-state index contributed by atoms with van der Waals surface area (Å²) >= 11 is 1.43. The lowest BCUT2D eigenvalue weighted by molar-refractivity contribution is -0.115. The summed E-state index contributed by atoms with van der Waals surface area (Å²) in [5.41, 5.74) is 2.35. The highest BCUT2D eigenvalue weighted by Gasteiger charge is 2.08. The van der Waals surface area contributed by atoms with Crippen molar-refractivity contribution in [1.29, 1.82) is 0 Å². The van der Waals surface area contributed by atoms with Crippen LogP contribution in [0.5, 0.6) is 5.75 Å². The quantitative estimate of drug-likeness (QED) is 0.536. The van der Waals surface area contributed by atoms with Crippen LogP contribution in [0.2, 0.25) is 0 Å². The molecule has 148 valence electrons. The Balaban J connectivity index is 1.47. The van der Waals surface area contributed by atoms with E-state index in [0.29, 0.717) is 17.9 Å². The number of rotatable bonds is 8. The summed E-state index contributed by atoms with van der Waals surface area (Å²) in [6, 6.07) is 24.4. The van der Waals surface area contributed by atoms with Gasteiger partial charge in [0.15, 0.2) is 0 Å². The van der Waals surface area contributed by atoms with E-state index in [1.807, 2.05) is 66.7 Å². The zero-order chi connectivity index (χ0) is 20.5. The molecule has 0 radical (unpaired) electrons. The van der Waals surface area contributed by atoms with Crippen LogP contribution in [-0.2, 0) is 16.0 Å². The number of carbonyl (C=O) groups is 2. The molecular weight excluding hydrogens is 384 g/mol. The van der Waals surface area contributed by atoms with Crippen LogP contribution in [0.15, 0.2) is 83.8 Å². The number of methoxy groups -OCH3 is 1. The van der Waals surface area contributed by atoms with E-state index < -0.39 is 0 Å². The van der Waals surface area contributed by atoms with Crippen molar-refractivity contribution in [2.24, 2.45) is 0 Å². The molecule has 6 heteroatoms.